The molecule has 2 rings (SSSR count). The van der Waals surface area contributed by atoms with Crippen LogP contribution in [-0.2, 0) is 0 Å². The zero-order valence-corrected chi connectivity index (χ0v) is 12.6. The first-order valence-corrected chi connectivity index (χ1v) is 7.64. The maximum absolute atomic E-state index is 4.55. The number of hydrogen-bond donors (Lipinski definition) is 1. The SMILES string of the molecule is CCCCN1CCCC[C@H]1c1cnc(NC)c(C)c1. The monoisotopic (exact) mass is 261 g/mol. The molecule has 1 fully saturated rings. The van der Waals surface area contributed by atoms with Crippen molar-refractivity contribution in [3.05, 3.63) is 23.4 Å². The summed E-state index contributed by atoms with van der Waals surface area (Å²) in [5, 5.41) is 3.15. The molecule has 1 aromatic heterocycles. The van der Waals surface area contributed by atoms with E-state index in [1.165, 1.54) is 56.3 Å². The molecular weight excluding hydrogens is 234 g/mol. The van der Waals surface area contributed by atoms with E-state index in [1.807, 2.05) is 7.05 Å². The highest BCUT2D eigenvalue weighted by molar-refractivity contribution is 5.44. The van der Waals surface area contributed by atoms with Crippen molar-refractivity contribution in [1.82, 2.24) is 9.88 Å². The van der Waals surface area contributed by atoms with Crippen molar-refractivity contribution >= 4 is 5.82 Å². The summed E-state index contributed by atoms with van der Waals surface area (Å²) < 4.78 is 0. The van der Waals surface area contributed by atoms with Gasteiger partial charge in [-0.2, -0.15) is 0 Å². The first-order chi connectivity index (χ1) is 9.26. The summed E-state index contributed by atoms with van der Waals surface area (Å²) in [6, 6.07) is 2.89. The second-order valence-corrected chi connectivity index (χ2v) is 5.59. The Labute approximate surface area is 117 Å². The van der Waals surface area contributed by atoms with Crippen LogP contribution in [0.1, 0.15) is 56.2 Å². The van der Waals surface area contributed by atoms with Crippen LogP contribution in [0.2, 0.25) is 0 Å². The molecule has 0 aromatic carbocycles. The number of pyridine rings is 1. The van der Waals surface area contributed by atoms with Gasteiger partial charge in [-0.15, -0.1) is 0 Å². The molecule has 106 valence electrons. The van der Waals surface area contributed by atoms with Gasteiger partial charge in [-0.05, 0) is 56.5 Å². The van der Waals surface area contributed by atoms with Crippen molar-refractivity contribution in [2.24, 2.45) is 0 Å². The zero-order valence-electron chi connectivity index (χ0n) is 12.6. The Hall–Kier alpha value is -1.09. The van der Waals surface area contributed by atoms with Crippen LogP contribution in [-0.4, -0.2) is 30.0 Å². The fraction of sp³-hybridized carbons (Fsp3) is 0.688. The lowest BCUT2D eigenvalue weighted by atomic mass is 9.95. The Morgan fingerprint density at radius 3 is 2.95 bits per heavy atom. The summed E-state index contributed by atoms with van der Waals surface area (Å²) in [5.74, 6) is 1.000. The fourth-order valence-corrected chi connectivity index (χ4v) is 3.04. The van der Waals surface area contributed by atoms with E-state index in [4.69, 9.17) is 0 Å². The Morgan fingerprint density at radius 1 is 1.42 bits per heavy atom. The third-order valence-electron chi connectivity index (χ3n) is 4.13. The number of nitrogens with one attached hydrogen (secondary N) is 1. The number of anilines is 1. The van der Waals surface area contributed by atoms with Gasteiger partial charge in [0.05, 0.1) is 0 Å². The smallest absolute Gasteiger partial charge is 0.128 e. The average Bonchev–Trinajstić information content (AvgIpc) is 2.45. The van der Waals surface area contributed by atoms with Gasteiger partial charge in [-0.25, -0.2) is 4.98 Å². The molecule has 0 saturated carbocycles. The van der Waals surface area contributed by atoms with Gasteiger partial charge < -0.3 is 5.32 Å². The van der Waals surface area contributed by atoms with Gasteiger partial charge in [0.1, 0.15) is 5.82 Å². The Kier molecular flexibility index (Phi) is 5.20. The molecule has 0 unspecified atom stereocenters. The highest BCUT2D eigenvalue weighted by Crippen LogP contribution is 2.31. The standard InChI is InChI=1S/C16H27N3/c1-4-5-9-19-10-7-6-8-15(19)14-11-13(2)16(17-3)18-12-14/h11-12,15H,4-10H2,1-3H3,(H,17,18)/t15-/m0/s1. The summed E-state index contributed by atoms with van der Waals surface area (Å²) in [4.78, 5) is 7.20. The van der Waals surface area contributed by atoms with Gasteiger partial charge in [-0.1, -0.05) is 19.8 Å². The lowest BCUT2D eigenvalue weighted by Crippen LogP contribution is -2.34. The highest BCUT2D eigenvalue weighted by atomic mass is 15.2. The topological polar surface area (TPSA) is 28.2 Å². The van der Waals surface area contributed by atoms with E-state index >= 15 is 0 Å². The van der Waals surface area contributed by atoms with Crippen molar-refractivity contribution in [2.45, 2.75) is 52.0 Å². The molecule has 0 radical (unpaired) electrons. The predicted octanol–water partition coefficient (Wildman–Crippen LogP) is 3.76. The highest BCUT2D eigenvalue weighted by Gasteiger charge is 2.23. The van der Waals surface area contributed by atoms with Gasteiger partial charge in [0.25, 0.3) is 0 Å². The van der Waals surface area contributed by atoms with Crippen LogP contribution in [0.15, 0.2) is 12.3 Å². The second-order valence-electron chi connectivity index (χ2n) is 5.59. The molecule has 1 aliphatic rings. The maximum Gasteiger partial charge on any atom is 0.128 e. The Morgan fingerprint density at radius 2 is 2.26 bits per heavy atom. The molecule has 3 heteroatoms. The number of hydrogen-bond acceptors (Lipinski definition) is 3. The second kappa shape index (κ2) is 6.90. The van der Waals surface area contributed by atoms with E-state index in [1.54, 1.807) is 0 Å². The van der Waals surface area contributed by atoms with Crippen molar-refractivity contribution in [3.8, 4) is 0 Å². The fourth-order valence-electron chi connectivity index (χ4n) is 3.04. The van der Waals surface area contributed by atoms with E-state index in [2.05, 4.69) is 41.3 Å². The van der Waals surface area contributed by atoms with Gasteiger partial charge in [0, 0.05) is 19.3 Å². The molecule has 19 heavy (non-hydrogen) atoms. The number of rotatable bonds is 5. The van der Waals surface area contributed by atoms with Crippen LogP contribution in [0.4, 0.5) is 5.82 Å². The van der Waals surface area contributed by atoms with Crippen LogP contribution >= 0.6 is 0 Å². The third-order valence-corrected chi connectivity index (χ3v) is 4.13. The quantitative estimate of drug-likeness (QED) is 0.874. The van der Waals surface area contributed by atoms with Crippen LogP contribution in [0, 0.1) is 6.92 Å². The molecule has 0 bridgehead atoms. The van der Waals surface area contributed by atoms with Crippen LogP contribution in [0.25, 0.3) is 0 Å². The van der Waals surface area contributed by atoms with Gasteiger partial charge in [0.15, 0.2) is 0 Å². The van der Waals surface area contributed by atoms with E-state index in [9.17, 15) is 0 Å². The number of piperidine rings is 1. The number of nitrogens with zero attached hydrogens (tertiary/aromatic N) is 2. The Bertz CT molecular complexity index is 403. The van der Waals surface area contributed by atoms with Gasteiger partial charge >= 0.3 is 0 Å². The minimum Gasteiger partial charge on any atom is -0.373 e. The van der Waals surface area contributed by atoms with E-state index in [0.29, 0.717) is 6.04 Å². The molecular formula is C16H27N3. The predicted molar refractivity (Wildman–Crippen MR) is 81.6 cm³/mol. The lowest BCUT2D eigenvalue weighted by Gasteiger charge is -2.36. The average molecular weight is 261 g/mol. The van der Waals surface area contributed by atoms with Crippen LogP contribution in [0.3, 0.4) is 0 Å². The minimum absolute atomic E-state index is 0.581. The van der Waals surface area contributed by atoms with E-state index < -0.39 is 0 Å². The van der Waals surface area contributed by atoms with E-state index in [-0.39, 0.29) is 0 Å². The Balaban J connectivity index is 2.14. The number of aromatic nitrogens is 1. The number of unbranched alkanes of at least 4 members (excludes halogenated alkanes) is 1. The maximum atomic E-state index is 4.55. The van der Waals surface area contributed by atoms with Crippen molar-refractivity contribution in [1.29, 1.82) is 0 Å². The molecule has 2 heterocycles. The summed E-state index contributed by atoms with van der Waals surface area (Å²) in [6.45, 7) is 6.89. The first kappa shape index (κ1) is 14.3. The van der Waals surface area contributed by atoms with Gasteiger partial charge in [0.2, 0.25) is 0 Å². The molecule has 1 saturated heterocycles. The summed E-state index contributed by atoms with van der Waals surface area (Å²) in [5.41, 5.74) is 2.65. The molecule has 1 N–H and O–H groups in total. The molecule has 1 atom stereocenters. The zero-order chi connectivity index (χ0) is 13.7. The molecule has 0 spiro atoms. The first-order valence-electron chi connectivity index (χ1n) is 7.64. The molecule has 1 aliphatic heterocycles. The van der Waals surface area contributed by atoms with Crippen molar-refractivity contribution in [2.75, 3.05) is 25.5 Å². The molecule has 3 nitrogen and oxygen atoms in total. The van der Waals surface area contributed by atoms with E-state index in [0.717, 1.165) is 5.82 Å². The normalized spacial score (nSPS) is 20.5. The minimum atomic E-state index is 0.581. The third kappa shape index (κ3) is 3.47. The van der Waals surface area contributed by atoms with Crippen LogP contribution in [0.5, 0.6) is 0 Å². The van der Waals surface area contributed by atoms with Crippen LogP contribution < -0.4 is 5.32 Å². The summed E-state index contributed by atoms with van der Waals surface area (Å²) >= 11 is 0. The number of likely N-dealkylation sites (tertiary alicyclic amines) is 1. The number of aryl methyl sites for hydroxylation is 1. The van der Waals surface area contributed by atoms with Crippen molar-refractivity contribution in [3.63, 3.8) is 0 Å². The molecule has 0 aliphatic carbocycles. The summed E-state index contributed by atoms with van der Waals surface area (Å²) in [6.07, 6.45) is 8.62. The molecule has 1 aromatic rings. The van der Waals surface area contributed by atoms with Gasteiger partial charge in [-0.3, -0.25) is 4.90 Å². The summed E-state index contributed by atoms with van der Waals surface area (Å²) in [7, 11) is 1.93. The largest absolute Gasteiger partial charge is 0.373 e. The van der Waals surface area contributed by atoms with Crippen molar-refractivity contribution < 1.29 is 0 Å². The lowest BCUT2D eigenvalue weighted by molar-refractivity contribution is 0.146. The molecule has 0 amide bonds.